The molecule has 1 aromatic carbocycles. The molecular formula is C24H28N4O5S. The summed E-state index contributed by atoms with van der Waals surface area (Å²) in [7, 11) is 1.60. The summed E-state index contributed by atoms with van der Waals surface area (Å²) in [6, 6.07) is 3.78. The third-order valence-corrected chi connectivity index (χ3v) is 7.54. The molecular weight excluding hydrogens is 456 g/mol. The van der Waals surface area contributed by atoms with Gasteiger partial charge in [-0.05, 0) is 51.2 Å². The average Bonchev–Trinajstić information content (AvgIpc) is 3.40. The molecule has 2 aliphatic carbocycles. The van der Waals surface area contributed by atoms with Crippen LogP contribution >= 0.6 is 11.3 Å². The maximum absolute atomic E-state index is 12.5. The van der Waals surface area contributed by atoms with Gasteiger partial charge in [-0.3, -0.25) is 4.79 Å². The number of nitrogens with zero attached hydrogens (tertiary/aromatic N) is 3. The molecule has 1 amide bonds. The number of methoxy groups -OCH3 is 1. The third-order valence-electron chi connectivity index (χ3n) is 6.55. The quantitative estimate of drug-likeness (QED) is 0.466. The molecule has 0 aliphatic heterocycles. The highest BCUT2D eigenvalue weighted by molar-refractivity contribution is 7.22. The molecule has 2 heterocycles. The van der Waals surface area contributed by atoms with E-state index in [-0.39, 0.29) is 24.5 Å². The number of amides is 1. The zero-order valence-electron chi connectivity index (χ0n) is 19.2. The van der Waals surface area contributed by atoms with Crippen LogP contribution in [-0.4, -0.2) is 56.0 Å². The van der Waals surface area contributed by atoms with Crippen LogP contribution in [-0.2, 0) is 16.1 Å². The Bertz CT molecular complexity index is 1190. The van der Waals surface area contributed by atoms with Crippen molar-refractivity contribution in [1.82, 2.24) is 15.0 Å². The predicted octanol–water partition coefficient (Wildman–Crippen LogP) is 3.29. The largest absolute Gasteiger partial charge is 0.495 e. The van der Waals surface area contributed by atoms with Crippen molar-refractivity contribution in [3.05, 3.63) is 30.4 Å². The lowest BCUT2D eigenvalue weighted by atomic mass is 9.72. The number of anilines is 1. The maximum Gasteiger partial charge on any atom is 0.229 e. The Balaban J connectivity index is 1.31. The molecule has 2 aliphatic rings. The molecule has 2 atom stereocenters. The Labute approximate surface area is 201 Å². The first kappa shape index (κ1) is 23.1. The molecule has 0 saturated heterocycles. The van der Waals surface area contributed by atoms with Crippen LogP contribution in [0, 0.1) is 5.92 Å². The van der Waals surface area contributed by atoms with Crippen molar-refractivity contribution in [2.75, 3.05) is 12.4 Å². The van der Waals surface area contributed by atoms with Crippen molar-refractivity contribution in [3.63, 3.8) is 0 Å². The monoisotopic (exact) mass is 484 g/mol. The molecule has 2 fully saturated rings. The topological polar surface area (TPSA) is 127 Å². The minimum absolute atomic E-state index is 0.124. The summed E-state index contributed by atoms with van der Waals surface area (Å²) in [4.78, 5) is 25.8. The number of ether oxygens (including phenoxy) is 2. The third kappa shape index (κ3) is 4.63. The number of nitrogens with one attached hydrogen (secondary N) is 1. The van der Waals surface area contributed by atoms with Crippen LogP contribution in [0.15, 0.2) is 24.5 Å². The van der Waals surface area contributed by atoms with Gasteiger partial charge in [0.25, 0.3) is 0 Å². The number of hydrogen-bond acceptors (Lipinski definition) is 9. The van der Waals surface area contributed by atoms with E-state index in [1.165, 1.54) is 11.3 Å². The summed E-state index contributed by atoms with van der Waals surface area (Å²) in [6.45, 7) is 2.00. The van der Waals surface area contributed by atoms with Crippen molar-refractivity contribution in [3.8, 4) is 16.9 Å². The summed E-state index contributed by atoms with van der Waals surface area (Å²) in [5.41, 5.74) is 1.58. The van der Waals surface area contributed by atoms with Gasteiger partial charge in [0.05, 0.1) is 35.1 Å². The number of aromatic nitrogens is 3. The van der Waals surface area contributed by atoms with E-state index >= 15 is 0 Å². The highest BCUT2D eigenvalue weighted by Gasteiger charge is 2.42. The van der Waals surface area contributed by atoms with Gasteiger partial charge in [-0.25, -0.2) is 15.0 Å². The highest BCUT2D eigenvalue weighted by Crippen LogP contribution is 2.42. The molecule has 180 valence electrons. The molecule has 9 nitrogen and oxygen atoms in total. The van der Waals surface area contributed by atoms with Crippen LogP contribution in [0.1, 0.15) is 44.9 Å². The summed E-state index contributed by atoms with van der Waals surface area (Å²) in [5, 5.41) is 23.2. The SMILES string of the molecule is COc1c(-c2cnc(CO[C@H]3CCC[C@@H]3O)nc2)ccc2nc(NC(=O)C3CC(C)(O)C3)sc12. The lowest BCUT2D eigenvalue weighted by Crippen LogP contribution is -2.46. The lowest BCUT2D eigenvalue weighted by molar-refractivity contribution is -0.133. The molecule has 0 spiro atoms. The average molecular weight is 485 g/mol. The summed E-state index contributed by atoms with van der Waals surface area (Å²) in [5.74, 6) is 0.876. The van der Waals surface area contributed by atoms with E-state index in [1.54, 1.807) is 26.4 Å². The van der Waals surface area contributed by atoms with Crippen molar-refractivity contribution >= 4 is 32.6 Å². The van der Waals surface area contributed by atoms with E-state index in [0.29, 0.717) is 29.5 Å². The van der Waals surface area contributed by atoms with E-state index in [0.717, 1.165) is 40.6 Å². The fourth-order valence-electron chi connectivity index (χ4n) is 4.70. The number of hydrogen-bond donors (Lipinski definition) is 3. The molecule has 0 radical (unpaired) electrons. The van der Waals surface area contributed by atoms with Crippen LogP contribution in [0.4, 0.5) is 5.13 Å². The number of carbonyl (C=O) groups is 1. The van der Waals surface area contributed by atoms with Gasteiger partial charge in [0.15, 0.2) is 11.0 Å². The van der Waals surface area contributed by atoms with Gasteiger partial charge in [-0.1, -0.05) is 11.3 Å². The molecule has 3 N–H and O–H groups in total. The van der Waals surface area contributed by atoms with E-state index in [2.05, 4.69) is 20.3 Å². The Morgan fingerprint density at radius 3 is 2.68 bits per heavy atom. The van der Waals surface area contributed by atoms with Crippen molar-refractivity contribution in [2.45, 2.75) is 63.4 Å². The van der Waals surface area contributed by atoms with E-state index < -0.39 is 11.7 Å². The van der Waals surface area contributed by atoms with Crippen LogP contribution in [0.3, 0.4) is 0 Å². The number of aliphatic hydroxyl groups is 2. The normalized spacial score (nSPS) is 26.4. The molecule has 2 saturated carbocycles. The second-order valence-electron chi connectivity index (χ2n) is 9.34. The molecule has 2 aromatic heterocycles. The van der Waals surface area contributed by atoms with Gasteiger partial charge < -0.3 is 25.0 Å². The van der Waals surface area contributed by atoms with Crippen LogP contribution in [0.25, 0.3) is 21.3 Å². The lowest BCUT2D eigenvalue weighted by Gasteiger charge is -2.39. The molecule has 10 heteroatoms. The Hall–Kier alpha value is -2.66. The van der Waals surface area contributed by atoms with Crippen LogP contribution in [0.5, 0.6) is 5.75 Å². The number of fused-ring (bicyclic) bond motifs is 1. The first-order valence-electron chi connectivity index (χ1n) is 11.4. The van der Waals surface area contributed by atoms with Gasteiger partial charge in [0.2, 0.25) is 5.91 Å². The van der Waals surface area contributed by atoms with E-state index in [9.17, 15) is 15.0 Å². The second kappa shape index (κ2) is 9.18. The maximum atomic E-state index is 12.5. The van der Waals surface area contributed by atoms with Gasteiger partial charge in [0, 0.05) is 29.4 Å². The Morgan fingerprint density at radius 2 is 2.03 bits per heavy atom. The summed E-state index contributed by atoms with van der Waals surface area (Å²) >= 11 is 1.35. The van der Waals surface area contributed by atoms with E-state index in [4.69, 9.17) is 9.47 Å². The van der Waals surface area contributed by atoms with Crippen molar-refractivity contribution < 1.29 is 24.5 Å². The number of carbonyl (C=O) groups excluding carboxylic acids is 1. The molecule has 5 rings (SSSR count). The minimum atomic E-state index is -0.755. The van der Waals surface area contributed by atoms with Gasteiger partial charge in [-0.2, -0.15) is 0 Å². The van der Waals surface area contributed by atoms with Gasteiger partial charge in [-0.15, -0.1) is 0 Å². The first-order valence-corrected chi connectivity index (χ1v) is 12.3. The second-order valence-corrected chi connectivity index (χ2v) is 10.3. The predicted molar refractivity (Wildman–Crippen MR) is 128 cm³/mol. The Kier molecular flexibility index (Phi) is 6.24. The van der Waals surface area contributed by atoms with Crippen LogP contribution in [0.2, 0.25) is 0 Å². The van der Waals surface area contributed by atoms with Gasteiger partial charge >= 0.3 is 0 Å². The molecule has 3 aromatic rings. The summed E-state index contributed by atoms with van der Waals surface area (Å²) in [6.07, 6.45) is 6.42. The molecule has 34 heavy (non-hydrogen) atoms. The first-order chi connectivity index (χ1) is 16.3. The zero-order chi connectivity index (χ0) is 23.9. The number of thiazole rings is 1. The highest BCUT2D eigenvalue weighted by atomic mass is 32.1. The van der Waals surface area contributed by atoms with Crippen molar-refractivity contribution in [2.24, 2.45) is 5.92 Å². The fourth-order valence-corrected chi connectivity index (χ4v) is 5.69. The smallest absolute Gasteiger partial charge is 0.229 e. The standard InChI is InChI=1S/C24H28N4O5S/c1-24(31)8-13(9-24)22(30)28-23-27-16-7-6-15(20(32-2)21(16)34-23)14-10-25-19(26-11-14)12-33-18-5-3-4-17(18)29/h6-7,10-11,13,17-18,29,31H,3-5,8-9,12H2,1-2H3,(H,27,28,30)/t13?,17-,18-,24?/m0/s1. The Morgan fingerprint density at radius 1 is 1.26 bits per heavy atom. The minimum Gasteiger partial charge on any atom is -0.495 e. The summed E-state index contributed by atoms with van der Waals surface area (Å²) < 4.78 is 12.3. The van der Waals surface area contributed by atoms with Crippen LogP contribution < -0.4 is 10.1 Å². The van der Waals surface area contributed by atoms with Gasteiger partial charge in [0.1, 0.15) is 12.4 Å². The number of aliphatic hydroxyl groups excluding tert-OH is 1. The number of rotatable bonds is 7. The fraction of sp³-hybridized carbons (Fsp3) is 0.500. The molecule has 0 unspecified atom stereocenters. The zero-order valence-corrected chi connectivity index (χ0v) is 20.0. The van der Waals surface area contributed by atoms with Crippen molar-refractivity contribution in [1.29, 1.82) is 0 Å². The number of benzene rings is 1. The molecule has 0 bridgehead atoms. The van der Waals surface area contributed by atoms with E-state index in [1.807, 2.05) is 12.1 Å².